The molecule has 1 aromatic carbocycles. The second kappa shape index (κ2) is 6.00. The Bertz CT molecular complexity index is 401. The van der Waals surface area contributed by atoms with Crippen molar-refractivity contribution >= 4 is 11.9 Å². The molecule has 0 aliphatic rings. The fourth-order valence-corrected chi connectivity index (χ4v) is 1.45. The van der Waals surface area contributed by atoms with E-state index in [1.807, 2.05) is 24.1 Å². The van der Waals surface area contributed by atoms with E-state index in [1.165, 1.54) is 0 Å². The molecule has 0 saturated carbocycles. The molecular formula is C12H16N2O3. The fourth-order valence-electron chi connectivity index (χ4n) is 1.45. The maximum atomic E-state index is 10.9. The van der Waals surface area contributed by atoms with E-state index in [0.29, 0.717) is 18.7 Å². The molecule has 0 heterocycles. The van der Waals surface area contributed by atoms with Gasteiger partial charge in [0.2, 0.25) is 5.91 Å². The predicted octanol–water partition coefficient (Wildman–Crippen LogP) is 0.692. The van der Waals surface area contributed by atoms with Crippen LogP contribution >= 0.6 is 0 Å². The first-order valence-electron chi connectivity index (χ1n) is 5.28. The number of carboxylic acids is 1. The van der Waals surface area contributed by atoms with Crippen LogP contribution in [-0.4, -0.2) is 35.5 Å². The molecule has 0 aliphatic carbocycles. The van der Waals surface area contributed by atoms with Gasteiger partial charge in [-0.3, -0.25) is 9.59 Å². The van der Waals surface area contributed by atoms with Crippen molar-refractivity contribution in [2.24, 2.45) is 5.73 Å². The van der Waals surface area contributed by atoms with Crippen LogP contribution in [-0.2, 0) is 11.3 Å². The van der Waals surface area contributed by atoms with Crippen LogP contribution in [0.3, 0.4) is 0 Å². The molecule has 0 aliphatic heterocycles. The highest BCUT2D eigenvalue weighted by molar-refractivity contribution is 5.92. The second-order valence-corrected chi connectivity index (χ2v) is 3.94. The molecule has 0 fully saturated rings. The van der Waals surface area contributed by atoms with Crippen molar-refractivity contribution in [1.29, 1.82) is 0 Å². The van der Waals surface area contributed by atoms with Crippen LogP contribution in [0.2, 0.25) is 0 Å². The maximum Gasteiger partial charge on any atom is 0.304 e. The third-order valence-corrected chi connectivity index (χ3v) is 2.40. The van der Waals surface area contributed by atoms with Gasteiger partial charge in [0.15, 0.2) is 0 Å². The molecule has 0 aromatic heterocycles. The van der Waals surface area contributed by atoms with Gasteiger partial charge in [0.25, 0.3) is 0 Å². The summed E-state index contributed by atoms with van der Waals surface area (Å²) >= 11 is 0. The molecule has 0 radical (unpaired) electrons. The summed E-state index contributed by atoms with van der Waals surface area (Å²) in [7, 11) is 1.85. The third kappa shape index (κ3) is 4.65. The average Bonchev–Trinajstić information content (AvgIpc) is 2.27. The molecule has 0 bridgehead atoms. The van der Waals surface area contributed by atoms with Crippen LogP contribution in [0.4, 0.5) is 0 Å². The van der Waals surface area contributed by atoms with E-state index in [2.05, 4.69) is 0 Å². The van der Waals surface area contributed by atoms with E-state index in [9.17, 15) is 9.59 Å². The highest BCUT2D eigenvalue weighted by Gasteiger charge is 2.04. The van der Waals surface area contributed by atoms with Crippen LogP contribution in [0.5, 0.6) is 0 Å². The molecule has 17 heavy (non-hydrogen) atoms. The van der Waals surface area contributed by atoms with Gasteiger partial charge in [0.05, 0.1) is 6.42 Å². The quantitative estimate of drug-likeness (QED) is 0.761. The number of nitrogens with two attached hydrogens (primary N) is 1. The predicted molar refractivity (Wildman–Crippen MR) is 63.5 cm³/mol. The van der Waals surface area contributed by atoms with Crippen molar-refractivity contribution in [2.45, 2.75) is 13.0 Å². The first-order chi connectivity index (χ1) is 7.99. The Hall–Kier alpha value is -1.88. The molecule has 0 spiro atoms. The standard InChI is InChI=1S/C12H16N2O3/c1-14(7-6-11(15)16)8-9-2-4-10(5-3-9)12(13)17/h2-5H,6-8H2,1H3,(H2,13,17)(H,15,16). The summed E-state index contributed by atoms with van der Waals surface area (Å²) < 4.78 is 0. The van der Waals surface area contributed by atoms with E-state index in [1.54, 1.807) is 12.1 Å². The lowest BCUT2D eigenvalue weighted by atomic mass is 10.1. The van der Waals surface area contributed by atoms with Crippen LogP contribution < -0.4 is 5.73 Å². The number of benzene rings is 1. The summed E-state index contributed by atoms with van der Waals surface area (Å²) in [6.45, 7) is 1.14. The van der Waals surface area contributed by atoms with Gasteiger partial charge in [0, 0.05) is 18.7 Å². The highest BCUT2D eigenvalue weighted by atomic mass is 16.4. The summed E-state index contributed by atoms with van der Waals surface area (Å²) in [6, 6.07) is 6.97. The van der Waals surface area contributed by atoms with Crippen molar-refractivity contribution in [2.75, 3.05) is 13.6 Å². The number of primary amides is 1. The van der Waals surface area contributed by atoms with E-state index in [-0.39, 0.29) is 6.42 Å². The smallest absolute Gasteiger partial charge is 0.304 e. The number of hydrogen-bond acceptors (Lipinski definition) is 3. The van der Waals surface area contributed by atoms with E-state index >= 15 is 0 Å². The molecule has 5 nitrogen and oxygen atoms in total. The minimum Gasteiger partial charge on any atom is -0.481 e. The summed E-state index contributed by atoms with van der Waals surface area (Å²) in [4.78, 5) is 23.2. The average molecular weight is 236 g/mol. The van der Waals surface area contributed by atoms with Gasteiger partial charge in [-0.1, -0.05) is 12.1 Å². The second-order valence-electron chi connectivity index (χ2n) is 3.94. The fraction of sp³-hybridized carbons (Fsp3) is 0.333. The monoisotopic (exact) mass is 236 g/mol. The number of carbonyl (C=O) groups excluding carboxylic acids is 1. The molecule has 0 saturated heterocycles. The van der Waals surface area contributed by atoms with Crippen molar-refractivity contribution < 1.29 is 14.7 Å². The largest absolute Gasteiger partial charge is 0.481 e. The van der Waals surface area contributed by atoms with Crippen molar-refractivity contribution in [3.05, 3.63) is 35.4 Å². The van der Waals surface area contributed by atoms with Gasteiger partial charge in [-0.15, -0.1) is 0 Å². The SMILES string of the molecule is CN(CCC(=O)O)Cc1ccc(C(N)=O)cc1. The van der Waals surface area contributed by atoms with Gasteiger partial charge in [-0.2, -0.15) is 0 Å². The summed E-state index contributed by atoms with van der Waals surface area (Å²) in [5.41, 5.74) is 6.62. The zero-order valence-electron chi connectivity index (χ0n) is 9.72. The zero-order valence-corrected chi connectivity index (χ0v) is 9.72. The van der Waals surface area contributed by atoms with E-state index < -0.39 is 11.9 Å². The lowest BCUT2D eigenvalue weighted by Crippen LogP contribution is -2.21. The number of carboxylic acid groups (broad SMARTS) is 1. The Morgan fingerprint density at radius 2 is 1.88 bits per heavy atom. The molecule has 3 N–H and O–H groups in total. The topological polar surface area (TPSA) is 83.6 Å². The minimum absolute atomic E-state index is 0.121. The van der Waals surface area contributed by atoms with Crippen molar-refractivity contribution in [3.63, 3.8) is 0 Å². The molecule has 1 amide bonds. The molecule has 0 unspecified atom stereocenters. The Morgan fingerprint density at radius 1 is 1.29 bits per heavy atom. The van der Waals surface area contributed by atoms with Gasteiger partial charge in [-0.05, 0) is 24.7 Å². The summed E-state index contributed by atoms with van der Waals surface area (Å²) in [6.07, 6.45) is 0.121. The molecule has 5 heteroatoms. The maximum absolute atomic E-state index is 10.9. The number of aliphatic carboxylic acids is 1. The number of rotatable bonds is 6. The van der Waals surface area contributed by atoms with Crippen molar-refractivity contribution in [3.8, 4) is 0 Å². The Morgan fingerprint density at radius 3 is 2.35 bits per heavy atom. The van der Waals surface area contributed by atoms with Crippen LogP contribution in [0, 0.1) is 0 Å². The van der Waals surface area contributed by atoms with Crippen molar-refractivity contribution in [1.82, 2.24) is 4.90 Å². The Balaban J connectivity index is 2.51. The molecule has 92 valence electrons. The van der Waals surface area contributed by atoms with E-state index in [4.69, 9.17) is 10.8 Å². The molecule has 1 rings (SSSR count). The Kier molecular flexibility index (Phi) is 4.66. The van der Waals surface area contributed by atoms with Gasteiger partial charge in [0.1, 0.15) is 0 Å². The highest BCUT2D eigenvalue weighted by Crippen LogP contribution is 2.06. The lowest BCUT2D eigenvalue weighted by Gasteiger charge is -2.15. The van der Waals surface area contributed by atoms with Gasteiger partial charge < -0.3 is 15.7 Å². The zero-order chi connectivity index (χ0) is 12.8. The minimum atomic E-state index is -0.805. The number of hydrogen-bond donors (Lipinski definition) is 2. The number of carbonyl (C=O) groups is 2. The van der Waals surface area contributed by atoms with Crippen LogP contribution in [0.25, 0.3) is 0 Å². The van der Waals surface area contributed by atoms with E-state index in [0.717, 1.165) is 5.56 Å². The first kappa shape index (κ1) is 13.2. The number of nitrogens with zero attached hydrogens (tertiary/aromatic N) is 1. The van der Waals surface area contributed by atoms with Crippen LogP contribution in [0.15, 0.2) is 24.3 Å². The van der Waals surface area contributed by atoms with Gasteiger partial charge >= 0.3 is 5.97 Å². The lowest BCUT2D eigenvalue weighted by molar-refractivity contribution is -0.137. The molecule has 1 aromatic rings. The Labute approximate surface area is 99.8 Å². The third-order valence-electron chi connectivity index (χ3n) is 2.40. The molecule has 0 atom stereocenters. The number of amides is 1. The molecular weight excluding hydrogens is 220 g/mol. The normalized spacial score (nSPS) is 10.5. The first-order valence-corrected chi connectivity index (χ1v) is 5.28. The summed E-state index contributed by atoms with van der Waals surface area (Å²) in [5.74, 6) is -1.25. The van der Waals surface area contributed by atoms with Crippen LogP contribution in [0.1, 0.15) is 22.3 Å². The summed E-state index contributed by atoms with van der Waals surface area (Å²) in [5, 5.41) is 8.55. The van der Waals surface area contributed by atoms with Gasteiger partial charge in [-0.25, -0.2) is 0 Å².